The van der Waals surface area contributed by atoms with E-state index in [1.54, 1.807) is 17.5 Å². The lowest BCUT2D eigenvalue weighted by atomic mass is 10.1. The Hall–Kier alpha value is -4.03. The number of anilines is 1. The number of hydrogen-bond acceptors (Lipinski definition) is 6. The molecular formula is C27H21N3O2S. The van der Waals surface area contributed by atoms with Gasteiger partial charge in [0.1, 0.15) is 11.5 Å². The molecule has 5 aromatic rings. The standard InChI is InChI=1S/C27H21N3O2S/c1-29-13-14-30(18-29)19-7-6-8-20(15-19)31-21-16-23-22-9-2-3-10-25(22)33-27(23)24(17-21)32-26-11-4-5-12-28-26/h2-17H,18H2,1H3. The molecule has 0 atom stereocenters. The summed E-state index contributed by atoms with van der Waals surface area (Å²) in [5.74, 6) is 2.80. The average Bonchev–Trinajstić information content (AvgIpc) is 3.44. The van der Waals surface area contributed by atoms with Crippen molar-refractivity contribution >= 4 is 37.2 Å². The summed E-state index contributed by atoms with van der Waals surface area (Å²) in [5, 5.41) is 2.30. The van der Waals surface area contributed by atoms with Crippen LogP contribution in [0.25, 0.3) is 20.2 Å². The number of fused-ring (bicyclic) bond motifs is 3. The molecule has 0 unspecified atom stereocenters. The second-order valence-electron chi connectivity index (χ2n) is 7.93. The normalized spacial score (nSPS) is 13.2. The van der Waals surface area contributed by atoms with Gasteiger partial charge in [-0.2, -0.15) is 0 Å². The minimum absolute atomic E-state index is 0.556. The second kappa shape index (κ2) is 8.15. The Morgan fingerprint density at radius 1 is 0.818 bits per heavy atom. The maximum absolute atomic E-state index is 6.35. The average molecular weight is 452 g/mol. The summed E-state index contributed by atoms with van der Waals surface area (Å²) in [6.07, 6.45) is 5.86. The summed E-state index contributed by atoms with van der Waals surface area (Å²) >= 11 is 1.71. The Balaban J connectivity index is 1.41. The van der Waals surface area contributed by atoms with Crippen LogP contribution in [0.3, 0.4) is 0 Å². The second-order valence-corrected chi connectivity index (χ2v) is 8.98. The van der Waals surface area contributed by atoms with Crippen LogP contribution < -0.4 is 14.4 Å². The summed E-state index contributed by atoms with van der Waals surface area (Å²) in [7, 11) is 2.06. The van der Waals surface area contributed by atoms with Crippen LogP contribution >= 0.6 is 11.3 Å². The smallest absolute Gasteiger partial charge is 0.219 e. The Morgan fingerprint density at radius 2 is 1.73 bits per heavy atom. The van der Waals surface area contributed by atoms with Gasteiger partial charge in [-0.05, 0) is 30.3 Å². The zero-order valence-electron chi connectivity index (χ0n) is 18.0. The Labute approximate surface area is 195 Å². The zero-order valence-corrected chi connectivity index (χ0v) is 18.8. The first kappa shape index (κ1) is 19.6. The molecule has 6 rings (SSSR count). The first-order valence-electron chi connectivity index (χ1n) is 10.7. The molecule has 0 bridgehead atoms. The highest BCUT2D eigenvalue weighted by molar-refractivity contribution is 7.26. The summed E-state index contributed by atoms with van der Waals surface area (Å²) in [5.41, 5.74) is 1.08. The van der Waals surface area contributed by atoms with Crippen molar-refractivity contribution in [3.8, 4) is 23.1 Å². The van der Waals surface area contributed by atoms with Gasteiger partial charge in [0.25, 0.3) is 0 Å². The molecular weight excluding hydrogens is 430 g/mol. The van der Waals surface area contributed by atoms with E-state index in [1.165, 1.54) is 10.1 Å². The molecule has 6 heteroatoms. The maximum atomic E-state index is 6.35. The monoisotopic (exact) mass is 451 g/mol. The summed E-state index contributed by atoms with van der Waals surface area (Å²) in [4.78, 5) is 8.64. The molecule has 1 aliphatic rings. The van der Waals surface area contributed by atoms with Crippen molar-refractivity contribution in [3.05, 3.63) is 97.5 Å². The van der Waals surface area contributed by atoms with Crippen molar-refractivity contribution in [2.24, 2.45) is 0 Å². The molecule has 0 fully saturated rings. The fourth-order valence-corrected chi connectivity index (χ4v) is 5.12. The highest BCUT2D eigenvalue weighted by Crippen LogP contribution is 2.44. The lowest BCUT2D eigenvalue weighted by Crippen LogP contribution is -2.21. The van der Waals surface area contributed by atoms with Gasteiger partial charge in [-0.1, -0.05) is 30.3 Å². The molecule has 0 spiro atoms. The van der Waals surface area contributed by atoms with E-state index in [0.29, 0.717) is 5.88 Å². The van der Waals surface area contributed by atoms with E-state index in [-0.39, 0.29) is 0 Å². The van der Waals surface area contributed by atoms with Crippen LogP contribution in [-0.2, 0) is 0 Å². The number of rotatable bonds is 5. The van der Waals surface area contributed by atoms with Gasteiger partial charge in [-0.3, -0.25) is 0 Å². The van der Waals surface area contributed by atoms with Crippen molar-refractivity contribution in [3.63, 3.8) is 0 Å². The van der Waals surface area contributed by atoms with Gasteiger partial charge in [0.2, 0.25) is 5.88 Å². The fraction of sp³-hybridized carbons (Fsp3) is 0.0741. The van der Waals surface area contributed by atoms with Gasteiger partial charge in [-0.15, -0.1) is 11.3 Å². The number of aromatic nitrogens is 1. The van der Waals surface area contributed by atoms with E-state index < -0.39 is 0 Å². The zero-order chi connectivity index (χ0) is 22.2. The van der Waals surface area contributed by atoms with Crippen LogP contribution in [0.4, 0.5) is 5.69 Å². The van der Waals surface area contributed by atoms with E-state index in [2.05, 4.69) is 76.7 Å². The largest absolute Gasteiger partial charge is 0.457 e. The molecule has 33 heavy (non-hydrogen) atoms. The van der Waals surface area contributed by atoms with Gasteiger partial charge in [-0.25, -0.2) is 4.98 Å². The van der Waals surface area contributed by atoms with Crippen molar-refractivity contribution in [2.45, 2.75) is 0 Å². The summed E-state index contributed by atoms with van der Waals surface area (Å²) < 4.78 is 14.9. The van der Waals surface area contributed by atoms with Gasteiger partial charge >= 0.3 is 0 Å². The molecule has 0 saturated carbocycles. The first-order chi connectivity index (χ1) is 16.2. The van der Waals surface area contributed by atoms with E-state index in [4.69, 9.17) is 9.47 Å². The summed E-state index contributed by atoms with van der Waals surface area (Å²) in [6.45, 7) is 0.818. The number of hydrogen-bond donors (Lipinski definition) is 0. The van der Waals surface area contributed by atoms with Crippen LogP contribution in [0.5, 0.6) is 23.1 Å². The molecule has 3 heterocycles. The van der Waals surface area contributed by atoms with Gasteiger partial charge in [0, 0.05) is 65.0 Å². The van der Waals surface area contributed by atoms with E-state index in [1.807, 2.05) is 36.4 Å². The third kappa shape index (κ3) is 3.85. The van der Waals surface area contributed by atoms with E-state index >= 15 is 0 Å². The predicted octanol–water partition coefficient (Wildman–Crippen LogP) is 7.21. The number of benzene rings is 3. The molecule has 162 valence electrons. The number of thiophene rings is 1. The van der Waals surface area contributed by atoms with Crippen LogP contribution in [-0.4, -0.2) is 23.6 Å². The lowest BCUT2D eigenvalue weighted by molar-refractivity contribution is 0.454. The van der Waals surface area contributed by atoms with Gasteiger partial charge < -0.3 is 19.3 Å². The quantitative estimate of drug-likeness (QED) is 0.282. The van der Waals surface area contributed by atoms with Crippen molar-refractivity contribution in [1.82, 2.24) is 9.88 Å². The minimum atomic E-state index is 0.556. The Morgan fingerprint density at radius 3 is 2.58 bits per heavy atom. The Kier molecular flexibility index (Phi) is 4.85. The number of ether oxygens (including phenoxy) is 2. The molecule has 0 amide bonds. The minimum Gasteiger partial charge on any atom is -0.457 e. The third-order valence-electron chi connectivity index (χ3n) is 5.53. The van der Waals surface area contributed by atoms with Crippen molar-refractivity contribution in [2.75, 3.05) is 18.6 Å². The predicted molar refractivity (Wildman–Crippen MR) is 134 cm³/mol. The van der Waals surface area contributed by atoms with E-state index in [0.717, 1.165) is 39.7 Å². The number of pyridine rings is 1. The molecule has 0 saturated heterocycles. The molecule has 0 N–H and O–H groups in total. The van der Waals surface area contributed by atoms with Crippen molar-refractivity contribution < 1.29 is 9.47 Å². The van der Waals surface area contributed by atoms with Gasteiger partial charge in [0.15, 0.2) is 5.75 Å². The molecule has 0 aliphatic carbocycles. The lowest BCUT2D eigenvalue weighted by Gasteiger charge is -2.19. The molecule has 2 aromatic heterocycles. The maximum Gasteiger partial charge on any atom is 0.219 e. The topological polar surface area (TPSA) is 37.8 Å². The Bertz CT molecular complexity index is 1480. The molecule has 0 radical (unpaired) electrons. The van der Waals surface area contributed by atoms with E-state index in [9.17, 15) is 0 Å². The number of nitrogens with zero attached hydrogens (tertiary/aromatic N) is 3. The third-order valence-corrected chi connectivity index (χ3v) is 6.73. The highest BCUT2D eigenvalue weighted by atomic mass is 32.1. The van der Waals surface area contributed by atoms with Crippen molar-refractivity contribution in [1.29, 1.82) is 0 Å². The van der Waals surface area contributed by atoms with Crippen LogP contribution in [0.15, 0.2) is 97.5 Å². The SMILES string of the molecule is CN1C=CN(c2cccc(Oc3cc(Oc4ccccn4)c4sc5ccccc5c4c3)c2)C1. The first-order valence-corrected chi connectivity index (χ1v) is 11.5. The fourth-order valence-electron chi connectivity index (χ4n) is 3.98. The molecule has 5 nitrogen and oxygen atoms in total. The van der Waals surface area contributed by atoms with Crippen LogP contribution in [0.2, 0.25) is 0 Å². The van der Waals surface area contributed by atoms with Crippen LogP contribution in [0.1, 0.15) is 0 Å². The van der Waals surface area contributed by atoms with Crippen LogP contribution in [0, 0.1) is 0 Å². The molecule has 1 aliphatic heterocycles. The molecule has 3 aromatic carbocycles. The summed E-state index contributed by atoms with van der Waals surface area (Å²) in [6, 6.07) is 26.2. The van der Waals surface area contributed by atoms with Gasteiger partial charge in [0.05, 0.1) is 11.4 Å². The highest BCUT2D eigenvalue weighted by Gasteiger charge is 2.15.